The summed E-state index contributed by atoms with van der Waals surface area (Å²) in [6, 6.07) is 17.1. The molecule has 0 saturated carbocycles. The molecule has 5 nitrogen and oxygen atoms in total. The van der Waals surface area contributed by atoms with Gasteiger partial charge in [0.2, 0.25) is 0 Å². The maximum absolute atomic E-state index is 12.9. The number of halogens is 1. The lowest BCUT2D eigenvalue weighted by Crippen LogP contribution is -2.34. The molecule has 3 aromatic rings. The minimum Gasteiger partial charge on any atom is -0.396 e. The molecule has 2 aromatic carbocycles. The fourth-order valence-electron chi connectivity index (χ4n) is 3.01. The molecule has 0 radical (unpaired) electrons. The summed E-state index contributed by atoms with van der Waals surface area (Å²) in [5, 5.41) is 17.1. The van der Waals surface area contributed by atoms with Crippen LogP contribution in [0.5, 0.6) is 0 Å². The average Bonchev–Trinajstić information content (AvgIpc) is 3.08. The van der Waals surface area contributed by atoms with Crippen LogP contribution in [0, 0.1) is 12.8 Å². The van der Waals surface area contributed by atoms with Crippen LogP contribution in [-0.4, -0.2) is 27.4 Å². The fourth-order valence-corrected chi connectivity index (χ4v) is 3.27. The Kier molecular flexibility index (Phi) is 6.08. The number of amides is 1. The van der Waals surface area contributed by atoms with Gasteiger partial charge in [-0.2, -0.15) is 5.10 Å². The lowest BCUT2D eigenvalue weighted by atomic mass is 9.94. The molecule has 1 amide bonds. The molecule has 0 unspecified atom stereocenters. The number of hydrogen-bond acceptors (Lipinski definition) is 3. The van der Waals surface area contributed by atoms with E-state index in [4.69, 9.17) is 0 Å². The number of aromatic nitrogens is 2. The van der Waals surface area contributed by atoms with Crippen molar-refractivity contribution in [2.24, 2.45) is 5.92 Å². The summed E-state index contributed by atoms with van der Waals surface area (Å²) >= 11 is 3.42. The van der Waals surface area contributed by atoms with Gasteiger partial charge < -0.3 is 10.4 Å². The summed E-state index contributed by atoms with van der Waals surface area (Å²) in [6.07, 6.45) is 1.58. The van der Waals surface area contributed by atoms with Crippen molar-refractivity contribution in [3.05, 3.63) is 82.1 Å². The molecule has 140 valence electrons. The van der Waals surface area contributed by atoms with E-state index in [0.29, 0.717) is 5.56 Å². The van der Waals surface area contributed by atoms with Gasteiger partial charge in [0.05, 0.1) is 29.2 Å². The van der Waals surface area contributed by atoms with Crippen LogP contribution in [0.25, 0.3) is 5.69 Å². The lowest BCUT2D eigenvalue weighted by molar-refractivity contribution is 0.0908. The van der Waals surface area contributed by atoms with E-state index < -0.39 is 0 Å². The Morgan fingerprint density at radius 3 is 2.48 bits per heavy atom. The van der Waals surface area contributed by atoms with E-state index in [-0.39, 0.29) is 24.5 Å². The molecule has 0 aliphatic carbocycles. The van der Waals surface area contributed by atoms with Gasteiger partial charge in [-0.05, 0) is 36.8 Å². The second-order valence-electron chi connectivity index (χ2n) is 6.55. The van der Waals surface area contributed by atoms with Crippen LogP contribution in [0.4, 0.5) is 0 Å². The molecule has 0 saturated heterocycles. The van der Waals surface area contributed by atoms with E-state index in [1.807, 2.05) is 68.4 Å². The van der Waals surface area contributed by atoms with E-state index in [0.717, 1.165) is 21.4 Å². The van der Waals surface area contributed by atoms with Gasteiger partial charge >= 0.3 is 0 Å². The molecule has 0 spiro atoms. The summed E-state index contributed by atoms with van der Waals surface area (Å²) in [5.41, 5.74) is 3.14. The Bertz CT molecular complexity index is 907. The zero-order chi connectivity index (χ0) is 19.4. The number of carbonyl (C=O) groups is 1. The first-order valence-corrected chi connectivity index (χ1v) is 9.57. The number of nitrogens with one attached hydrogen (secondary N) is 1. The standard InChI is InChI=1S/C21H22BrN3O2/c1-14(13-26)20(16-8-10-17(22)11-9-16)24-21(27)19-12-23-25(15(19)2)18-6-4-3-5-7-18/h3-12,14,20,26H,13H2,1-2H3,(H,24,27)/t14-,20+/m0/s1. The smallest absolute Gasteiger partial charge is 0.255 e. The second kappa shape index (κ2) is 8.50. The van der Waals surface area contributed by atoms with Crippen LogP contribution < -0.4 is 5.32 Å². The van der Waals surface area contributed by atoms with Crippen molar-refractivity contribution in [1.29, 1.82) is 0 Å². The monoisotopic (exact) mass is 427 g/mol. The average molecular weight is 428 g/mol. The highest BCUT2D eigenvalue weighted by Crippen LogP contribution is 2.24. The van der Waals surface area contributed by atoms with Crippen molar-refractivity contribution in [3.8, 4) is 5.69 Å². The third-order valence-corrected chi connectivity index (χ3v) is 5.16. The predicted octanol–water partition coefficient (Wildman–Crippen LogP) is 4.04. The number of benzene rings is 2. The van der Waals surface area contributed by atoms with Gasteiger partial charge in [0.15, 0.2) is 0 Å². The molecular formula is C21H22BrN3O2. The van der Waals surface area contributed by atoms with E-state index >= 15 is 0 Å². The molecule has 2 N–H and O–H groups in total. The highest BCUT2D eigenvalue weighted by Gasteiger charge is 2.24. The maximum atomic E-state index is 12.9. The molecule has 1 aromatic heterocycles. The molecule has 27 heavy (non-hydrogen) atoms. The van der Waals surface area contributed by atoms with Gasteiger partial charge in [-0.25, -0.2) is 4.68 Å². The molecule has 0 bridgehead atoms. The minimum atomic E-state index is -0.296. The van der Waals surface area contributed by atoms with Gasteiger partial charge in [-0.3, -0.25) is 4.79 Å². The van der Waals surface area contributed by atoms with E-state index in [1.54, 1.807) is 10.9 Å². The second-order valence-corrected chi connectivity index (χ2v) is 7.47. The number of para-hydroxylation sites is 1. The van der Waals surface area contributed by atoms with Crippen LogP contribution in [0.2, 0.25) is 0 Å². The van der Waals surface area contributed by atoms with Gasteiger partial charge in [0, 0.05) is 17.0 Å². The Morgan fingerprint density at radius 1 is 1.19 bits per heavy atom. The Labute approximate surface area is 167 Å². The van der Waals surface area contributed by atoms with Crippen molar-refractivity contribution < 1.29 is 9.90 Å². The van der Waals surface area contributed by atoms with Crippen molar-refractivity contribution in [2.75, 3.05) is 6.61 Å². The van der Waals surface area contributed by atoms with Crippen molar-refractivity contribution in [2.45, 2.75) is 19.9 Å². The van der Waals surface area contributed by atoms with Gasteiger partial charge in [-0.1, -0.05) is 53.2 Å². The summed E-state index contributed by atoms with van der Waals surface area (Å²) in [6.45, 7) is 3.76. The quantitative estimate of drug-likeness (QED) is 0.623. The van der Waals surface area contributed by atoms with Crippen LogP contribution >= 0.6 is 15.9 Å². The first-order chi connectivity index (χ1) is 13.0. The predicted molar refractivity (Wildman–Crippen MR) is 109 cm³/mol. The van der Waals surface area contributed by atoms with E-state index in [2.05, 4.69) is 26.3 Å². The summed E-state index contributed by atoms with van der Waals surface area (Å²) in [4.78, 5) is 12.9. The molecular weight excluding hydrogens is 406 g/mol. The van der Waals surface area contributed by atoms with Crippen LogP contribution in [0.3, 0.4) is 0 Å². The summed E-state index contributed by atoms with van der Waals surface area (Å²) < 4.78 is 2.71. The number of aliphatic hydroxyl groups is 1. The van der Waals surface area contributed by atoms with Crippen molar-refractivity contribution in [3.63, 3.8) is 0 Å². The zero-order valence-corrected chi connectivity index (χ0v) is 16.8. The van der Waals surface area contributed by atoms with E-state index in [1.165, 1.54) is 0 Å². The number of carbonyl (C=O) groups excluding carboxylic acids is 1. The zero-order valence-electron chi connectivity index (χ0n) is 15.3. The first-order valence-electron chi connectivity index (χ1n) is 8.78. The van der Waals surface area contributed by atoms with Gasteiger partial charge in [0.1, 0.15) is 0 Å². The molecule has 3 rings (SSSR count). The molecule has 0 fully saturated rings. The fraction of sp³-hybridized carbons (Fsp3) is 0.238. The number of nitrogens with zero attached hydrogens (tertiary/aromatic N) is 2. The Hall–Kier alpha value is -2.44. The first kappa shape index (κ1) is 19.3. The van der Waals surface area contributed by atoms with Crippen LogP contribution in [0.15, 0.2) is 65.3 Å². The summed E-state index contributed by atoms with van der Waals surface area (Å²) in [5.74, 6) is -0.331. The third-order valence-electron chi connectivity index (χ3n) is 4.63. The van der Waals surface area contributed by atoms with Gasteiger partial charge in [0.25, 0.3) is 5.91 Å². The molecule has 6 heteroatoms. The molecule has 0 aliphatic rings. The van der Waals surface area contributed by atoms with Crippen LogP contribution in [-0.2, 0) is 0 Å². The molecule has 1 heterocycles. The van der Waals surface area contributed by atoms with E-state index in [9.17, 15) is 9.90 Å². The SMILES string of the molecule is Cc1c(C(=O)N[C@@H](c2ccc(Br)cc2)[C@@H](C)CO)cnn1-c1ccccc1. The molecule has 0 aliphatic heterocycles. The summed E-state index contributed by atoms with van der Waals surface area (Å²) in [7, 11) is 0. The number of rotatable bonds is 6. The topological polar surface area (TPSA) is 67.2 Å². The van der Waals surface area contributed by atoms with Gasteiger partial charge in [-0.15, -0.1) is 0 Å². The Balaban J connectivity index is 1.86. The highest BCUT2D eigenvalue weighted by molar-refractivity contribution is 9.10. The highest BCUT2D eigenvalue weighted by atomic mass is 79.9. The minimum absolute atomic E-state index is 0.0245. The maximum Gasteiger partial charge on any atom is 0.255 e. The lowest BCUT2D eigenvalue weighted by Gasteiger charge is -2.24. The Morgan fingerprint density at radius 2 is 1.85 bits per heavy atom. The van der Waals surface area contributed by atoms with Crippen molar-refractivity contribution >= 4 is 21.8 Å². The number of hydrogen-bond donors (Lipinski definition) is 2. The largest absolute Gasteiger partial charge is 0.396 e. The van der Waals surface area contributed by atoms with Crippen LogP contribution in [0.1, 0.15) is 34.6 Å². The third kappa shape index (κ3) is 4.28. The van der Waals surface area contributed by atoms with Crippen molar-refractivity contribution in [1.82, 2.24) is 15.1 Å². The number of aliphatic hydroxyl groups excluding tert-OH is 1. The molecule has 2 atom stereocenters. The normalized spacial score (nSPS) is 13.2.